The third-order valence-electron chi connectivity index (χ3n) is 3.47. The smallest absolute Gasteiger partial charge is 0.259 e. The van der Waals surface area contributed by atoms with E-state index in [1.54, 1.807) is 12.1 Å². The van der Waals surface area contributed by atoms with Crippen LogP contribution in [0.4, 0.5) is 5.69 Å². The molecule has 1 aromatic carbocycles. The number of nitrogens with one attached hydrogen (secondary N) is 2. The van der Waals surface area contributed by atoms with Gasteiger partial charge in [0.1, 0.15) is 0 Å². The highest BCUT2D eigenvalue weighted by atomic mass is 16.2. The summed E-state index contributed by atoms with van der Waals surface area (Å²) in [6.07, 6.45) is 2.03. The molecule has 102 valence electrons. The first-order valence-corrected chi connectivity index (χ1v) is 6.56. The molecule has 2 heterocycles. The van der Waals surface area contributed by atoms with Gasteiger partial charge in [-0.05, 0) is 37.3 Å². The van der Waals surface area contributed by atoms with E-state index < -0.39 is 0 Å². The van der Waals surface area contributed by atoms with Crippen molar-refractivity contribution in [1.29, 1.82) is 0 Å². The number of hydrogen-bond donors (Lipinski definition) is 2. The third-order valence-corrected chi connectivity index (χ3v) is 3.47. The van der Waals surface area contributed by atoms with Crippen molar-refractivity contribution in [2.24, 2.45) is 0 Å². The monoisotopic (exact) mass is 269 g/mol. The Bertz CT molecular complexity index is 688. The zero-order chi connectivity index (χ0) is 14.1. The summed E-state index contributed by atoms with van der Waals surface area (Å²) in [5.74, 6) is -0.651. The summed E-state index contributed by atoms with van der Waals surface area (Å²) in [5, 5.41) is 5.56. The first-order valence-electron chi connectivity index (χ1n) is 6.56. The maximum Gasteiger partial charge on any atom is 0.259 e. The third kappa shape index (κ3) is 2.07. The number of carbonyl (C=O) groups excluding carboxylic acids is 2. The van der Waals surface area contributed by atoms with Crippen molar-refractivity contribution in [3.63, 3.8) is 0 Å². The van der Waals surface area contributed by atoms with Crippen LogP contribution in [0.15, 0.2) is 36.5 Å². The molecule has 0 saturated carbocycles. The molecule has 2 amide bonds. The molecule has 3 rings (SSSR count). The van der Waals surface area contributed by atoms with Crippen LogP contribution in [0.25, 0.3) is 0 Å². The lowest BCUT2D eigenvalue weighted by Gasteiger charge is -2.09. The van der Waals surface area contributed by atoms with E-state index in [1.807, 2.05) is 18.3 Å². The molecule has 2 aromatic rings. The normalized spacial score (nSPS) is 13.2. The van der Waals surface area contributed by atoms with E-state index in [1.165, 1.54) is 5.69 Å². The lowest BCUT2D eigenvalue weighted by atomic mass is 10.1. The van der Waals surface area contributed by atoms with Crippen LogP contribution in [-0.4, -0.2) is 16.4 Å². The summed E-state index contributed by atoms with van der Waals surface area (Å²) < 4.78 is 2.15. The SMILES string of the molecule is CCn1cccc1CNc1ccc2c(c1)C(=O)NC2=O. The van der Waals surface area contributed by atoms with Crippen molar-refractivity contribution < 1.29 is 9.59 Å². The van der Waals surface area contributed by atoms with Crippen LogP contribution < -0.4 is 10.6 Å². The molecule has 1 aromatic heterocycles. The van der Waals surface area contributed by atoms with Crippen LogP contribution in [-0.2, 0) is 13.1 Å². The van der Waals surface area contributed by atoms with E-state index in [0.717, 1.165) is 12.2 Å². The molecule has 0 saturated heterocycles. The Hall–Kier alpha value is -2.56. The van der Waals surface area contributed by atoms with Gasteiger partial charge in [0.2, 0.25) is 0 Å². The highest BCUT2D eigenvalue weighted by molar-refractivity contribution is 6.21. The first kappa shape index (κ1) is 12.5. The summed E-state index contributed by atoms with van der Waals surface area (Å²) in [7, 11) is 0. The number of benzene rings is 1. The second kappa shape index (κ2) is 4.85. The quantitative estimate of drug-likeness (QED) is 0.834. The first-order chi connectivity index (χ1) is 9.69. The topological polar surface area (TPSA) is 63.1 Å². The van der Waals surface area contributed by atoms with Crippen LogP contribution >= 0.6 is 0 Å². The molecule has 20 heavy (non-hydrogen) atoms. The molecule has 1 aliphatic heterocycles. The molecule has 0 radical (unpaired) electrons. The molecular formula is C15H15N3O2. The molecule has 5 heteroatoms. The number of fused-ring (bicyclic) bond motifs is 1. The largest absolute Gasteiger partial charge is 0.379 e. The van der Waals surface area contributed by atoms with Crippen molar-refractivity contribution in [2.75, 3.05) is 5.32 Å². The van der Waals surface area contributed by atoms with Gasteiger partial charge in [-0.15, -0.1) is 0 Å². The lowest BCUT2D eigenvalue weighted by Crippen LogP contribution is -2.19. The van der Waals surface area contributed by atoms with Crippen molar-refractivity contribution in [3.8, 4) is 0 Å². The fourth-order valence-corrected chi connectivity index (χ4v) is 2.39. The highest BCUT2D eigenvalue weighted by Gasteiger charge is 2.26. The van der Waals surface area contributed by atoms with E-state index in [-0.39, 0.29) is 11.8 Å². The second-order valence-electron chi connectivity index (χ2n) is 4.68. The van der Waals surface area contributed by atoms with Gasteiger partial charge in [0.05, 0.1) is 17.7 Å². The van der Waals surface area contributed by atoms with Crippen molar-refractivity contribution in [2.45, 2.75) is 20.0 Å². The van der Waals surface area contributed by atoms with Gasteiger partial charge in [-0.25, -0.2) is 0 Å². The number of hydrogen-bond acceptors (Lipinski definition) is 3. The second-order valence-corrected chi connectivity index (χ2v) is 4.68. The molecule has 1 aliphatic rings. The summed E-state index contributed by atoms with van der Waals surface area (Å²) >= 11 is 0. The van der Waals surface area contributed by atoms with Crippen molar-refractivity contribution in [3.05, 3.63) is 53.3 Å². The standard InChI is InChI=1S/C15H15N3O2/c1-2-18-7-3-4-11(18)9-16-10-5-6-12-13(8-10)15(20)17-14(12)19/h3-8,16H,2,9H2,1H3,(H,17,19,20). The minimum atomic E-state index is -0.328. The van der Waals surface area contributed by atoms with Gasteiger partial charge < -0.3 is 9.88 Å². The number of aromatic nitrogens is 1. The molecule has 0 aliphatic carbocycles. The molecule has 5 nitrogen and oxygen atoms in total. The molecule has 2 N–H and O–H groups in total. The summed E-state index contributed by atoms with van der Waals surface area (Å²) in [6.45, 7) is 3.69. The predicted octanol–water partition coefficient (Wildman–Crippen LogP) is 2.00. The Kier molecular flexibility index (Phi) is 3.02. The molecular weight excluding hydrogens is 254 g/mol. The van der Waals surface area contributed by atoms with Gasteiger partial charge in [0, 0.05) is 24.1 Å². The van der Waals surface area contributed by atoms with Gasteiger partial charge >= 0.3 is 0 Å². The molecule has 0 spiro atoms. The summed E-state index contributed by atoms with van der Waals surface area (Å²) in [4.78, 5) is 23.1. The Morgan fingerprint density at radius 1 is 1.15 bits per heavy atom. The van der Waals surface area contributed by atoms with Crippen LogP contribution in [0.2, 0.25) is 0 Å². The Morgan fingerprint density at radius 2 is 1.95 bits per heavy atom. The molecule has 0 atom stereocenters. The van der Waals surface area contributed by atoms with Crippen LogP contribution in [0.1, 0.15) is 33.3 Å². The number of amides is 2. The predicted molar refractivity (Wildman–Crippen MR) is 75.7 cm³/mol. The number of carbonyl (C=O) groups is 2. The Labute approximate surface area is 116 Å². The average Bonchev–Trinajstić information content (AvgIpc) is 3.02. The van der Waals surface area contributed by atoms with Gasteiger partial charge in [-0.2, -0.15) is 0 Å². The fourth-order valence-electron chi connectivity index (χ4n) is 2.39. The van der Waals surface area contributed by atoms with Gasteiger partial charge in [0.15, 0.2) is 0 Å². The van der Waals surface area contributed by atoms with Crippen molar-refractivity contribution >= 4 is 17.5 Å². The van der Waals surface area contributed by atoms with Crippen LogP contribution in [0.5, 0.6) is 0 Å². The van der Waals surface area contributed by atoms with E-state index >= 15 is 0 Å². The minimum absolute atomic E-state index is 0.323. The number of rotatable bonds is 4. The Morgan fingerprint density at radius 3 is 2.75 bits per heavy atom. The van der Waals surface area contributed by atoms with Gasteiger partial charge in [-0.1, -0.05) is 0 Å². The zero-order valence-electron chi connectivity index (χ0n) is 11.1. The van der Waals surface area contributed by atoms with Crippen LogP contribution in [0.3, 0.4) is 0 Å². The summed E-state index contributed by atoms with van der Waals surface area (Å²) in [6, 6.07) is 9.28. The minimum Gasteiger partial charge on any atom is -0.379 e. The number of nitrogens with zero attached hydrogens (tertiary/aromatic N) is 1. The summed E-state index contributed by atoms with van der Waals surface area (Å²) in [5.41, 5.74) is 2.88. The molecule has 0 unspecified atom stereocenters. The zero-order valence-corrected chi connectivity index (χ0v) is 11.1. The lowest BCUT2D eigenvalue weighted by molar-refractivity contribution is 0.0879. The van der Waals surface area contributed by atoms with E-state index in [0.29, 0.717) is 17.7 Å². The number of aryl methyl sites for hydroxylation is 1. The Balaban J connectivity index is 1.78. The van der Waals surface area contributed by atoms with Gasteiger partial charge in [-0.3, -0.25) is 14.9 Å². The van der Waals surface area contributed by atoms with Gasteiger partial charge in [0.25, 0.3) is 11.8 Å². The van der Waals surface area contributed by atoms with Crippen molar-refractivity contribution in [1.82, 2.24) is 9.88 Å². The maximum atomic E-state index is 11.6. The number of anilines is 1. The molecule has 0 fully saturated rings. The number of imide groups is 1. The maximum absolute atomic E-state index is 11.6. The highest BCUT2D eigenvalue weighted by Crippen LogP contribution is 2.20. The molecule has 0 bridgehead atoms. The van der Waals surface area contributed by atoms with E-state index in [2.05, 4.69) is 28.2 Å². The fraction of sp³-hybridized carbons (Fsp3) is 0.200. The van der Waals surface area contributed by atoms with Crippen LogP contribution in [0, 0.1) is 0 Å². The average molecular weight is 269 g/mol. The van der Waals surface area contributed by atoms with E-state index in [4.69, 9.17) is 0 Å². The van der Waals surface area contributed by atoms with E-state index in [9.17, 15) is 9.59 Å².